The maximum atomic E-state index is 13.4. The van der Waals surface area contributed by atoms with Crippen LogP contribution in [0.4, 0.5) is 10.1 Å². The van der Waals surface area contributed by atoms with Crippen molar-refractivity contribution in [2.75, 3.05) is 17.1 Å². The summed E-state index contributed by atoms with van der Waals surface area (Å²) in [5.74, 6) is -1.58. The van der Waals surface area contributed by atoms with Crippen molar-refractivity contribution in [2.45, 2.75) is 45.8 Å². The van der Waals surface area contributed by atoms with Crippen LogP contribution in [0.5, 0.6) is 0 Å². The predicted molar refractivity (Wildman–Crippen MR) is 133 cm³/mol. The number of anilines is 1. The number of carbonyl (C=O) groups is 2. The largest absolute Gasteiger partial charge is 0.350 e. The van der Waals surface area contributed by atoms with Crippen molar-refractivity contribution in [2.24, 2.45) is 0 Å². The number of halogens is 3. The van der Waals surface area contributed by atoms with E-state index in [4.69, 9.17) is 23.2 Å². The highest BCUT2D eigenvalue weighted by atomic mass is 35.5. The lowest BCUT2D eigenvalue weighted by Crippen LogP contribution is -2.54. The summed E-state index contributed by atoms with van der Waals surface area (Å²) in [7, 11) is -3.90. The summed E-state index contributed by atoms with van der Waals surface area (Å²) in [5, 5.41) is 3.44. The molecule has 2 amide bonds. The van der Waals surface area contributed by atoms with Gasteiger partial charge in [-0.3, -0.25) is 13.9 Å². The van der Waals surface area contributed by atoms with Crippen LogP contribution >= 0.6 is 23.2 Å². The Morgan fingerprint density at radius 1 is 1.06 bits per heavy atom. The third-order valence-corrected chi connectivity index (χ3v) is 6.68. The van der Waals surface area contributed by atoms with Crippen LogP contribution < -0.4 is 9.62 Å². The Hall–Kier alpha value is -2.36. The molecule has 2 rings (SSSR count). The molecule has 0 aliphatic carbocycles. The van der Waals surface area contributed by atoms with Crippen LogP contribution in [0.2, 0.25) is 10.0 Å². The first kappa shape index (κ1) is 27.9. The smallest absolute Gasteiger partial charge is 0.244 e. The zero-order chi connectivity index (χ0) is 25.8. The van der Waals surface area contributed by atoms with Gasteiger partial charge in [0.1, 0.15) is 18.4 Å². The molecule has 7 nitrogen and oxygen atoms in total. The second kappa shape index (κ2) is 10.9. The molecular weight excluding hydrogens is 504 g/mol. The lowest BCUT2D eigenvalue weighted by Gasteiger charge is -2.33. The van der Waals surface area contributed by atoms with Crippen LogP contribution in [-0.2, 0) is 26.2 Å². The summed E-state index contributed by atoms with van der Waals surface area (Å²) in [4.78, 5) is 27.6. The maximum absolute atomic E-state index is 13.4. The first-order valence-electron chi connectivity index (χ1n) is 10.4. The normalized spacial score (nSPS) is 12.7. The second-order valence-corrected chi connectivity index (χ2v) is 11.7. The van der Waals surface area contributed by atoms with Crippen molar-refractivity contribution in [3.63, 3.8) is 0 Å². The minimum absolute atomic E-state index is 0.0184. The maximum Gasteiger partial charge on any atom is 0.244 e. The third-order valence-electron chi connectivity index (χ3n) is 4.80. The zero-order valence-electron chi connectivity index (χ0n) is 19.6. The summed E-state index contributed by atoms with van der Waals surface area (Å²) >= 11 is 12.1. The van der Waals surface area contributed by atoms with E-state index in [1.807, 2.05) is 20.8 Å². The number of nitrogens with one attached hydrogen (secondary N) is 1. The molecule has 0 spiro atoms. The summed E-state index contributed by atoms with van der Waals surface area (Å²) in [6.07, 6.45) is 0.947. The molecule has 0 saturated heterocycles. The highest BCUT2D eigenvalue weighted by molar-refractivity contribution is 7.92. The highest BCUT2D eigenvalue weighted by Crippen LogP contribution is 2.24. The van der Waals surface area contributed by atoms with Gasteiger partial charge in [0, 0.05) is 12.1 Å². The van der Waals surface area contributed by atoms with Gasteiger partial charge in [0.2, 0.25) is 21.8 Å². The molecule has 0 heterocycles. The number of rotatable bonds is 8. The average molecular weight is 532 g/mol. The minimum atomic E-state index is -3.90. The van der Waals surface area contributed by atoms with E-state index in [1.54, 1.807) is 25.1 Å². The number of amides is 2. The van der Waals surface area contributed by atoms with Crippen molar-refractivity contribution in [3.05, 3.63) is 63.9 Å². The van der Waals surface area contributed by atoms with Crippen LogP contribution in [0, 0.1) is 5.82 Å². The highest BCUT2D eigenvalue weighted by Gasteiger charge is 2.31. The predicted octanol–water partition coefficient (Wildman–Crippen LogP) is 4.23. The van der Waals surface area contributed by atoms with Crippen molar-refractivity contribution in [1.82, 2.24) is 10.2 Å². The van der Waals surface area contributed by atoms with E-state index >= 15 is 0 Å². The quantitative estimate of drug-likeness (QED) is 0.552. The van der Waals surface area contributed by atoms with E-state index in [1.165, 1.54) is 17.0 Å². The molecule has 0 saturated carbocycles. The molecule has 0 bridgehead atoms. The van der Waals surface area contributed by atoms with Gasteiger partial charge in [-0.15, -0.1) is 0 Å². The van der Waals surface area contributed by atoms with E-state index in [0.717, 1.165) is 22.7 Å². The molecule has 2 aromatic carbocycles. The zero-order valence-corrected chi connectivity index (χ0v) is 21.9. The number of nitrogens with zero attached hydrogens (tertiary/aromatic N) is 2. The van der Waals surface area contributed by atoms with Gasteiger partial charge in [-0.1, -0.05) is 29.3 Å². The molecule has 1 unspecified atom stereocenters. The monoisotopic (exact) mass is 531 g/mol. The molecule has 1 N–H and O–H groups in total. The fourth-order valence-electron chi connectivity index (χ4n) is 3.11. The van der Waals surface area contributed by atoms with Crippen molar-refractivity contribution < 1.29 is 22.4 Å². The van der Waals surface area contributed by atoms with Gasteiger partial charge in [0.15, 0.2) is 0 Å². The molecule has 0 fully saturated rings. The molecule has 0 aromatic heterocycles. The van der Waals surface area contributed by atoms with E-state index < -0.39 is 45.8 Å². The van der Waals surface area contributed by atoms with E-state index in [0.29, 0.717) is 10.6 Å². The molecule has 0 radical (unpaired) electrons. The Balaban J connectivity index is 2.42. The van der Waals surface area contributed by atoms with Crippen molar-refractivity contribution >= 4 is 50.7 Å². The summed E-state index contributed by atoms with van der Waals surface area (Å²) in [6.45, 7) is 6.38. The van der Waals surface area contributed by atoms with Crippen LogP contribution in [0.15, 0.2) is 42.5 Å². The van der Waals surface area contributed by atoms with Gasteiger partial charge in [-0.2, -0.15) is 0 Å². The molecule has 11 heteroatoms. The summed E-state index contributed by atoms with van der Waals surface area (Å²) < 4.78 is 39.1. The molecule has 0 aliphatic heterocycles. The first-order valence-corrected chi connectivity index (χ1v) is 13.0. The average Bonchev–Trinajstić information content (AvgIpc) is 2.71. The Kier molecular flexibility index (Phi) is 8.96. The van der Waals surface area contributed by atoms with Crippen LogP contribution in [0.3, 0.4) is 0 Å². The van der Waals surface area contributed by atoms with Gasteiger partial charge in [0.05, 0.1) is 22.0 Å². The fourth-order valence-corrected chi connectivity index (χ4v) is 4.28. The standard InChI is InChI=1S/C23H28Cl2FN3O4S/c1-15(22(31)27-23(2,3)4)28(13-16-6-11-19(24)20(25)12-16)21(30)14-29(34(5,32)33)18-9-7-17(26)8-10-18/h6-12,15H,13-14H2,1-5H3,(H,27,31). The first-order chi connectivity index (χ1) is 15.6. The van der Waals surface area contributed by atoms with Gasteiger partial charge in [-0.05, 0) is 69.7 Å². The Bertz CT molecular complexity index is 1150. The van der Waals surface area contributed by atoms with Gasteiger partial charge < -0.3 is 10.2 Å². The van der Waals surface area contributed by atoms with Crippen LogP contribution in [0.1, 0.15) is 33.3 Å². The van der Waals surface area contributed by atoms with Crippen LogP contribution in [-0.4, -0.2) is 49.5 Å². The van der Waals surface area contributed by atoms with Crippen molar-refractivity contribution in [3.8, 4) is 0 Å². The molecule has 0 aliphatic rings. The third kappa shape index (κ3) is 7.85. The number of hydrogen-bond donors (Lipinski definition) is 1. The van der Waals surface area contributed by atoms with E-state index in [9.17, 15) is 22.4 Å². The topological polar surface area (TPSA) is 86.8 Å². The Morgan fingerprint density at radius 3 is 2.15 bits per heavy atom. The molecule has 34 heavy (non-hydrogen) atoms. The van der Waals surface area contributed by atoms with Crippen LogP contribution in [0.25, 0.3) is 0 Å². The van der Waals surface area contributed by atoms with E-state index in [-0.39, 0.29) is 17.3 Å². The SMILES string of the molecule is CC(C(=O)NC(C)(C)C)N(Cc1ccc(Cl)c(Cl)c1)C(=O)CN(c1ccc(F)cc1)S(C)(=O)=O. The van der Waals surface area contributed by atoms with Gasteiger partial charge >= 0.3 is 0 Å². The molecular formula is C23H28Cl2FN3O4S. The number of hydrogen-bond acceptors (Lipinski definition) is 4. The van der Waals surface area contributed by atoms with Crippen molar-refractivity contribution in [1.29, 1.82) is 0 Å². The van der Waals surface area contributed by atoms with E-state index in [2.05, 4.69) is 5.32 Å². The summed E-state index contributed by atoms with van der Waals surface area (Å²) in [6, 6.07) is 8.62. The minimum Gasteiger partial charge on any atom is -0.350 e. The molecule has 1 atom stereocenters. The van der Waals surface area contributed by atoms with Gasteiger partial charge in [-0.25, -0.2) is 12.8 Å². The molecule has 186 valence electrons. The van der Waals surface area contributed by atoms with Gasteiger partial charge in [0.25, 0.3) is 0 Å². The lowest BCUT2D eigenvalue weighted by atomic mass is 10.1. The Labute approximate surface area is 209 Å². The lowest BCUT2D eigenvalue weighted by molar-refractivity contribution is -0.140. The number of benzene rings is 2. The second-order valence-electron chi connectivity index (χ2n) is 8.93. The summed E-state index contributed by atoms with van der Waals surface area (Å²) in [5.41, 5.74) is 0.181. The fraction of sp³-hybridized carbons (Fsp3) is 0.391. The number of sulfonamides is 1. The Morgan fingerprint density at radius 2 is 1.65 bits per heavy atom. The molecule has 2 aromatic rings. The number of carbonyl (C=O) groups excluding carboxylic acids is 2.